The Bertz CT molecular complexity index is 731. The van der Waals surface area contributed by atoms with E-state index in [0.29, 0.717) is 11.9 Å². The van der Waals surface area contributed by atoms with Crippen LogP contribution < -0.4 is 5.32 Å². The van der Waals surface area contributed by atoms with Crippen molar-refractivity contribution in [3.63, 3.8) is 0 Å². The summed E-state index contributed by atoms with van der Waals surface area (Å²) in [4.78, 5) is 16.6. The maximum Gasteiger partial charge on any atom is 0.164 e. The number of rotatable bonds is 3. The Labute approximate surface area is 117 Å². The van der Waals surface area contributed by atoms with Crippen molar-refractivity contribution in [2.75, 3.05) is 5.32 Å². The molecule has 2 N–H and O–H groups in total. The number of H-pyrrole nitrogens is 1. The largest absolute Gasteiger partial charge is 0.367 e. The van der Waals surface area contributed by atoms with Crippen molar-refractivity contribution in [2.24, 2.45) is 0 Å². The van der Waals surface area contributed by atoms with Gasteiger partial charge in [0.2, 0.25) is 0 Å². The predicted octanol–water partition coefficient (Wildman–Crippen LogP) is 3.15. The van der Waals surface area contributed by atoms with Crippen LogP contribution in [0.25, 0.3) is 22.4 Å². The van der Waals surface area contributed by atoms with Crippen LogP contribution in [0.2, 0.25) is 0 Å². The molecule has 3 heterocycles. The SMILES string of the molecule is Cc1cc2c(NC(C)C)nc(-c3ccncc3)nc2[nH]1. The topological polar surface area (TPSA) is 66.5 Å². The molecule has 0 saturated heterocycles. The van der Waals surface area contributed by atoms with Gasteiger partial charge in [0, 0.05) is 29.7 Å². The monoisotopic (exact) mass is 267 g/mol. The molecule has 0 fully saturated rings. The zero-order valence-electron chi connectivity index (χ0n) is 11.8. The fourth-order valence-corrected chi connectivity index (χ4v) is 2.15. The van der Waals surface area contributed by atoms with Crippen LogP contribution in [0.4, 0.5) is 5.82 Å². The summed E-state index contributed by atoms with van der Waals surface area (Å²) in [7, 11) is 0. The third kappa shape index (κ3) is 2.34. The van der Waals surface area contributed by atoms with E-state index in [2.05, 4.69) is 45.2 Å². The Balaban J connectivity index is 2.19. The van der Waals surface area contributed by atoms with E-state index in [1.807, 2.05) is 19.1 Å². The molecule has 0 saturated carbocycles. The molecule has 0 unspecified atom stereocenters. The van der Waals surface area contributed by atoms with Gasteiger partial charge in [0.15, 0.2) is 5.82 Å². The first-order valence-electron chi connectivity index (χ1n) is 6.68. The highest BCUT2D eigenvalue weighted by Crippen LogP contribution is 2.25. The molecular weight excluding hydrogens is 250 g/mol. The molecule has 102 valence electrons. The van der Waals surface area contributed by atoms with E-state index >= 15 is 0 Å². The van der Waals surface area contributed by atoms with Gasteiger partial charge in [-0.3, -0.25) is 4.98 Å². The number of pyridine rings is 1. The van der Waals surface area contributed by atoms with E-state index in [0.717, 1.165) is 28.1 Å². The first-order valence-corrected chi connectivity index (χ1v) is 6.68. The standard InChI is InChI=1S/C15H17N5/c1-9(2)17-14-12-8-10(3)18-15(12)20-13(19-14)11-4-6-16-7-5-11/h4-9H,1-3H3,(H2,17,18,19,20). The zero-order valence-corrected chi connectivity index (χ0v) is 11.8. The summed E-state index contributed by atoms with van der Waals surface area (Å²) < 4.78 is 0. The highest BCUT2D eigenvalue weighted by molar-refractivity contribution is 5.89. The average molecular weight is 267 g/mol. The Hall–Kier alpha value is -2.43. The van der Waals surface area contributed by atoms with Gasteiger partial charge in [-0.1, -0.05) is 0 Å². The number of nitrogens with zero attached hydrogens (tertiary/aromatic N) is 3. The number of hydrogen-bond acceptors (Lipinski definition) is 4. The number of aryl methyl sites for hydroxylation is 1. The van der Waals surface area contributed by atoms with Crippen molar-refractivity contribution >= 4 is 16.9 Å². The first-order chi connectivity index (χ1) is 9.63. The zero-order chi connectivity index (χ0) is 14.1. The van der Waals surface area contributed by atoms with E-state index < -0.39 is 0 Å². The number of hydrogen-bond donors (Lipinski definition) is 2. The molecule has 0 aliphatic heterocycles. The molecule has 5 nitrogen and oxygen atoms in total. The average Bonchev–Trinajstić information content (AvgIpc) is 2.80. The molecule has 0 bridgehead atoms. The van der Waals surface area contributed by atoms with Crippen LogP contribution in [0.5, 0.6) is 0 Å². The summed E-state index contributed by atoms with van der Waals surface area (Å²) in [6.45, 7) is 6.21. The van der Waals surface area contributed by atoms with Crippen LogP contribution >= 0.6 is 0 Å². The van der Waals surface area contributed by atoms with E-state index in [1.165, 1.54) is 0 Å². The number of anilines is 1. The molecule has 3 rings (SSSR count). The normalized spacial score (nSPS) is 11.2. The summed E-state index contributed by atoms with van der Waals surface area (Å²) in [5.74, 6) is 1.56. The summed E-state index contributed by atoms with van der Waals surface area (Å²) >= 11 is 0. The third-order valence-electron chi connectivity index (χ3n) is 2.99. The van der Waals surface area contributed by atoms with Gasteiger partial charge in [-0.2, -0.15) is 0 Å². The summed E-state index contributed by atoms with van der Waals surface area (Å²) in [5.41, 5.74) is 2.89. The van der Waals surface area contributed by atoms with Crippen molar-refractivity contribution in [3.8, 4) is 11.4 Å². The number of aromatic nitrogens is 4. The molecule has 3 aromatic heterocycles. The second-order valence-electron chi connectivity index (χ2n) is 5.15. The lowest BCUT2D eigenvalue weighted by atomic mass is 10.2. The number of nitrogens with one attached hydrogen (secondary N) is 2. The van der Waals surface area contributed by atoms with E-state index in [4.69, 9.17) is 0 Å². The van der Waals surface area contributed by atoms with Gasteiger partial charge in [-0.05, 0) is 39.0 Å². The van der Waals surface area contributed by atoms with Crippen LogP contribution in [0.15, 0.2) is 30.6 Å². The van der Waals surface area contributed by atoms with Gasteiger partial charge < -0.3 is 10.3 Å². The number of fused-ring (bicyclic) bond motifs is 1. The van der Waals surface area contributed by atoms with Crippen molar-refractivity contribution < 1.29 is 0 Å². The van der Waals surface area contributed by atoms with Gasteiger partial charge >= 0.3 is 0 Å². The van der Waals surface area contributed by atoms with Crippen molar-refractivity contribution in [2.45, 2.75) is 26.8 Å². The molecule has 0 aliphatic carbocycles. The lowest BCUT2D eigenvalue weighted by Gasteiger charge is -2.11. The van der Waals surface area contributed by atoms with E-state index in [-0.39, 0.29) is 0 Å². The highest BCUT2D eigenvalue weighted by Gasteiger charge is 2.12. The van der Waals surface area contributed by atoms with Crippen LogP contribution in [0, 0.1) is 6.92 Å². The lowest BCUT2D eigenvalue weighted by molar-refractivity contribution is 0.891. The smallest absolute Gasteiger partial charge is 0.164 e. The van der Waals surface area contributed by atoms with Crippen LogP contribution in [0.1, 0.15) is 19.5 Å². The van der Waals surface area contributed by atoms with Crippen LogP contribution in [-0.2, 0) is 0 Å². The molecule has 20 heavy (non-hydrogen) atoms. The van der Waals surface area contributed by atoms with Crippen LogP contribution in [-0.4, -0.2) is 26.0 Å². The summed E-state index contributed by atoms with van der Waals surface area (Å²) in [6, 6.07) is 6.20. The summed E-state index contributed by atoms with van der Waals surface area (Å²) in [5, 5.41) is 4.41. The molecule has 0 spiro atoms. The molecule has 0 amide bonds. The Morgan fingerprint density at radius 3 is 2.60 bits per heavy atom. The predicted molar refractivity (Wildman–Crippen MR) is 80.6 cm³/mol. The van der Waals surface area contributed by atoms with Crippen LogP contribution in [0.3, 0.4) is 0 Å². The minimum absolute atomic E-state index is 0.314. The fraction of sp³-hybridized carbons (Fsp3) is 0.267. The Kier molecular flexibility index (Phi) is 3.10. The Morgan fingerprint density at radius 1 is 1.15 bits per heavy atom. The molecule has 0 aromatic carbocycles. The molecule has 0 aliphatic rings. The quantitative estimate of drug-likeness (QED) is 0.765. The van der Waals surface area contributed by atoms with Gasteiger partial charge in [0.25, 0.3) is 0 Å². The van der Waals surface area contributed by atoms with Crippen molar-refractivity contribution in [3.05, 3.63) is 36.3 Å². The Morgan fingerprint density at radius 2 is 1.90 bits per heavy atom. The van der Waals surface area contributed by atoms with E-state index in [1.54, 1.807) is 12.4 Å². The van der Waals surface area contributed by atoms with Gasteiger partial charge in [0.05, 0.1) is 5.39 Å². The second kappa shape index (κ2) is 4.92. The molecule has 0 radical (unpaired) electrons. The van der Waals surface area contributed by atoms with Gasteiger partial charge in [-0.25, -0.2) is 9.97 Å². The minimum atomic E-state index is 0.314. The van der Waals surface area contributed by atoms with Crippen molar-refractivity contribution in [1.29, 1.82) is 0 Å². The fourth-order valence-electron chi connectivity index (χ4n) is 2.15. The minimum Gasteiger partial charge on any atom is -0.367 e. The number of aromatic amines is 1. The van der Waals surface area contributed by atoms with Gasteiger partial charge in [-0.15, -0.1) is 0 Å². The molecule has 5 heteroatoms. The molecule has 0 atom stereocenters. The second-order valence-corrected chi connectivity index (χ2v) is 5.15. The van der Waals surface area contributed by atoms with E-state index in [9.17, 15) is 0 Å². The molecule has 3 aromatic rings. The lowest BCUT2D eigenvalue weighted by Crippen LogP contribution is -2.12. The molecular formula is C15H17N5. The highest BCUT2D eigenvalue weighted by atomic mass is 15.1. The first kappa shape index (κ1) is 12.6. The summed E-state index contributed by atoms with van der Waals surface area (Å²) in [6.07, 6.45) is 3.50. The van der Waals surface area contributed by atoms with Gasteiger partial charge in [0.1, 0.15) is 11.5 Å². The maximum absolute atomic E-state index is 4.65. The maximum atomic E-state index is 4.65. The van der Waals surface area contributed by atoms with Crippen molar-refractivity contribution in [1.82, 2.24) is 19.9 Å². The third-order valence-corrected chi connectivity index (χ3v) is 2.99.